The van der Waals surface area contributed by atoms with Crippen molar-refractivity contribution in [3.8, 4) is 0 Å². The van der Waals surface area contributed by atoms with Gasteiger partial charge in [-0.05, 0) is 35.7 Å². The summed E-state index contributed by atoms with van der Waals surface area (Å²) >= 11 is 0. The first-order valence-corrected chi connectivity index (χ1v) is 7.70. The molecule has 0 amide bonds. The lowest BCUT2D eigenvalue weighted by Crippen LogP contribution is -2.36. The number of aliphatic hydroxyl groups is 1. The second-order valence-electron chi connectivity index (χ2n) is 5.79. The van der Waals surface area contributed by atoms with Crippen molar-refractivity contribution >= 4 is 10.8 Å². The Labute approximate surface area is 121 Å². The molecule has 2 aromatic rings. The molecule has 0 aromatic heterocycles. The summed E-state index contributed by atoms with van der Waals surface area (Å²) in [5.41, 5.74) is 1.38. The van der Waals surface area contributed by atoms with Gasteiger partial charge in [0, 0.05) is 12.6 Å². The average molecular weight is 269 g/mol. The minimum absolute atomic E-state index is 0.283. The molecule has 1 N–H and O–H groups in total. The number of likely N-dealkylation sites (tertiary alicyclic amines) is 1. The average Bonchev–Trinajstić information content (AvgIpc) is 2.72. The lowest BCUT2D eigenvalue weighted by Gasteiger charge is -2.28. The summed E-state index contributed by atoms with van der Waals surface area (Å²) in [5.74, 6) is 0. The van der Waals surface area contributed by atoms with Gasteiger partial charge in [-0.25, -0.2) is 0 Å². The Kier molecular flexibility index (Phi) is 4.34. The van der Waals surface area contributed by atoms with Gasteiger partial charge in [-0.1, -0.05) is 55.3 Å². The van der Waals surface area contributed by atoms with E-state index in [1.54, 1.807) is 0 Å². The van der Waals surface area contributed by atoms with Crippen molar-refractivity contribution in [2.24, 2.45) is 0 Å². The van der Waals surface area contributed by atoms with Crippen LogP contribution in [0.5, 0.6) is 0 Å². The van der Waals surface area contributed by atoms with E-state index < -0.39 is 0 Å². The van der Waals surface area contributed by atoms with Gasteiger partial charge >= 0.3 is 0 Å². The van der Waals surface area contributed by atoms with E-state index >= 15 is 0 Å². The van der Waals surface area contributed by atoms with Crippen molar-refractivity contribution in [1.82, 2.24) is 4.90 Å². The van der Waals surface area contributed by atoms with Gasteiger partial charge in [-0.15, -0.1) is 0 Å². The fourth-order valence-electron chi connectivity index (χ4n) is 3.30. The number of aliphatic hydroxyl groups excluding tert-OH is 1. The third-order valence-electron chi connectivity index (χ3n) is 4.46. The van der Waals surface area contributed by atoms with Gasteiger partial charge in [0.1, 0.15) is 0 Å². The van der Waals surface area contributed by atoms with Crippen LogP contribution in [0.1, 0.15) is 31.2 Å². The Morgan fingerprint density at radius 1 is 1.00 bits per heavy atom. The molecule has 2 aromatic carbocycles. The Hall–Kier alpha value is -1.38. The van der Waals surface area contributed by atoms with E-state index in [4.69, 9.17) is 0 Å². The van der Waals surface area contributed by atoms with Crippen LogP contribution in [0.25, 0.3) is 10.8 Å². The minimum atomic E-state index is 0.283. The van der Waals surface area contributed by atoms with E-state index in [0.717, 1.165) is 19.5 Å². The summed E-state index contributed by atoms with van der Waals surface area (Å²) < 4.78 is 0. The first kappa shape index (κ1) is 13.6. The second kappa shape index (κ2) is 6.38. The summed E-state index contributed by atoms with van der Waals surface area (Å²) in [5, 5.41) is 12.3. The number of benzene rings is 2. The van der Waals surface area contributed by atoms with Crippen molar-refractivity contribution in [3.63, 3.8) is 0 Å². The molecule has 1 heterocycles. The zero-order chi connectivity index (χ0) is 13.8. The van der Waals surface area contributed by atoms with Crippen molar-refractivity contribution in [2.45, 2.75) is 38.3 Å². The van der Waals surface area contributed by atoms with E-state index in [9.17, 15) is 5.11 Å². The molecule has 1 unspecified atom stereocenters. The van der Waals surface area contributed by atoms with Crippen LogP contribution in [0.2, 0.25) is 0 Å². The van der Waals surface area contributed by atoms with Crippen LogP contribution < -0.4 is 0 Å². The van der Waals surface area contributed by atoms with Crippen LogP contribution in [0.3, 0.4) is 0 Å². The Morgan fingerprint density at radius 2 is 1.85 bits per heavy atom. The molecular weight excluding hydrogens is 246 g/mol. The lowest BCUT2D eigenvalue weighted by atomic mass is 10.0. The summed E-state index contributed by atoms with van der Waals surface area (Å²) in [6.45, 7) is 2.34. The molecule has 2 heteroatoms. The molecule has 0 radical (unpaired) electrons. The minimum Gasteiger partial charge on any atom is -0.395 e. The molecule has 0 aliphatic carbocycles. The van der Waals surface area contributed by atoms with Crippen molar-refractivity contribution in [1.29, 1.82) is 0 Å². The summed E-state index contributed by atoms with van der Waals surface area (Å²) in [6, 6.07) is 15.4. The molecule has 1 aliphatic rings. The van der Waals surface area contributed by atoms with Gasteiger partial charge in [-0.2, -0.15) is 0 Å². The highest BCUT2D eigenvalue weighted by Gasteiger charge is 2.20. The Morgan fingerprint density at radius 3 is 2.75 bits per heavy atom. The predicted molar refractivity (Wildman–Crippen MR) is 83.7 cm³/mol. The zero-order valence-electron chi connectivity index (χ0n) is 12.0. The standard InChI is InChI=1S/C18H23NO/c20-14-17-10-2-1-5-12-19(17)13-16-9-6-8-15-7-3-4-11-18(15)16/h3-4,6-9,11,17,20H,1-2,5,10,12-14H2. The summed E-state index contributed by atoms with van der Waals surface area (Å²) in [6.07, 6.45) is 4.92. The predicted octanol–water partition coefficient (Wildman–Crippen LogP) is 3.58. The number of nitrogens with zero attached hydrogens (tertiary/aromatic N) is 1. The van der Waals surface area contributed by atoms with Crippen LogP contribution in [0, 0.1) is 0 Å². The number of hydrogen-bond donors (Lipinski definition) is 1. The summed E-state index contributed by atoms with van der Waals surface area (Å²) in [7, 11) is 0. The molecule has 0 saturated carbocycles. The first-order valence-electron chi connectivity index (χ1n) is 7.70. The molecule has 1 saturated heterocycles. The van der Waals surface area contributed by atoms with Gasteiger partial charge in [0.2, 0.25) is 0 Å². The van der Waals surface area contributed by atoms with Crippen LogP contribution in [0.4, 0.5) is 0 Å². The fraction of sp³-hybridized carbons (Fsp3) is 0.444. The highest BCUT2D eigenvalue weighted by molar-refractivity contribution is 5.85. The number of hydrogen-bond acceptors (Lipinski definition) is 2. The van der Waals surface area contributed by atoms with Crippen molar-refractivity contribution in [2.75, 3.05) is 13.2 Å². The molecule has 1 fully saturated rings. The van der Waals surface area contributed by atoms with Gasteiger partial charge < -0.3 is 5.11 Å². The molecule has 3 rings (SSSR count). The topological polar surface area (TPSA) is 23.5 Å². The van der Waals surface area contributed by atoms with Gasteiger partial charge in [0.25, 0.3) is 0 Å². The Balaban J connectivity index is 1.87. The Bertz CT molecular complexity index is 561. The first-order chi connectivity index (χ1) is 9.88. The quantitative estimate of drug-likeness (QED) is 0.920. The van der Waals surface area contributed by atoms with Gasteiger partial charge in [0.05, 0.1) is 6.61 Å². The molecule has 1 atom stereocenters. The maximum absolute atomic E-state index is 9.64. The maximum Gasteiger partial charge on any atom is 0.0586 e. The summed E-state index contributed by atoms with van der Waals surface area (Å²) in [4.78, 5) is 2.47. The normalized spacial score (nSPS) is 20.9. The van der Waals surface area contributed by atoms with Crippen LogP contribution >= 0.6 is 0 Å². The van der Waals surface area contributed by atoms with E-state index in [1.807, 2.05) is 0 Å². The zero-order valence-corrected chi connectivity index (χ0v) is 12.0. The second-order valence-corrected chi connectivity index (χ2v) is 5.79. The molecular formula is C18H23NO. The van der Waals surface area contributed by atoms with Crippen LogP contribution in [-0.2, 0) is 6.54 Å². The van der Waals surface area contributed by atoms with Gasteiger partial charge in [0.15, 0.2) is 0 Å². The third kappa shape index (κ3) is 2.87. The maximum atomic E-state index is 9.64. The molecule has 106 valence electrons. The third-order valence-corrected chi connectivity index (χ3v) is 4.46. The van der Waals surface area contributed by atoms with Gasteiger partial charge in [-0.3, -0.25) is 4.90 Å². The van der Waals surface area contributed by atoms with E-state index in [2.05, 4.69) is 47.4 Å². The largest absolute Gasteiger partial charge is 0.395 e. The molecule has 0 bridgehead atoms. The lowest BCUT2D eigenvalue weighted by molar-refractivity contribution is 0.119. The molecule has 20 heavy (non-hydrogen) atoms. The van der Waals surface area contributed by atoms with Crippen molar-refractivity contribution < 1.29 is 5.11 Å². The number of fused-ring (bicyclic) bond motifs is 1. The molecule has 0 spiro atoms. The van der Waals surface area contributed by atoms with Crippen LogP contribution in [-0.4, -0.2) is 29.2 Å². The SMILES string of the molecule is OCC1CCCCCN1Cc1cccc2ccccc12. The fourth-order valence-corrected chi connectivity index (χ4v) is 3.30. The highest BCUT2D eigenvalue weighted by Crippen LogP contribution is 2.23. The molecule has 2 nitrogen and oxygen atoms in total. The monoisotopic (exact) mass is 269 g/mol. The van der Waals surface area contributed by atoms with Crippen LogP contribution in [0.15, 0.2) is 42.5 Å². The van der Waals surface area contributed by atoms with E-state index in [-0.39, 0.29) is 6.61 Å². The smallest absolute Gasteiger partial charge is 0.0586 e. The number of rotatable bonds is 3. The van der Waals surface area contributed by atoms with E-state index in [1.165, 1.54) is 35.6 Å². The van der Waals surface area contributed by atoms with Crippen molar-refractivity contribution in [3.05, 3.63) is 48.0 Å². The highest BCUT2D eigenvalue weighted by atomic mass is 16.3. The molecule has 1 aliphatic heterocycles. The van der Waals surface area contributed by atoms with E-state index in [0.29, 0.717) is 6.04 Å².